The lowest BCUT2D eigenvalue weighted by Crippen LogP contribution is -2.65. The highest BCUT2D eigenvalue weighted by Gasteiger charge is 2.58. The number of rotatable bonds is 6. The van der Waals surface area contributed by atoms with E-state index >= 15 is 0 Å². The summed E-state index contributed by atoms with van der Waals surface area (Å²) in [4.78, 5) is 25.5. The molecule has 10 heteroatoms. The monoisotopic (exact) mass is 501 g/mol. The van der Waals surface area contributed by atoms with E-state index in [-0.39, 0.29) is 44.6 Å². The van der Waals surface area contributed by atoms with Gasteiger partial charge in [-0.1, -0.05) is 23.2 Å². The van der Waals surface area contributed by atoms with E-state index in [1.54, 1.807) is 13.8 Å². The summed E-state index contributed by atoms with van der Waals surface area (Å²) in [5.41, 5.74) is 3.96. The van der Waals surface area contributed by atoms with Crippen LogP contribution in [0.15, 0.2) is 23.1 Å². The zero-order valence-corrected chi connectivity index (χ0v) is 20.7. The van der Waals surface area contributed by atoms with E-state index in [0.717, 1.165) is 23.6 Å². The highest BCUT2D eigenvalue weighted by Crippen LogP contribution is 2.60. The number of nitrogens with zero attached hydrogens (tertiary/aromatic N) is 1. The molecule has 4 saturated carbocycles. The number of likely N-dealkylation sites (N-methyl/N-ethyl adjacent to an activating group) is 1. The number of hydrogen-bond donors (Lipinski definition) is 2. The number of amides is 2. The van der Waals surface area contributed by atoms with E-state index in [1.165, 1.54) is 25.2 Å². The molecule has 2 amide bonds. The number of nitrogens with two attached hydrogens (primary N) is 1. The molecule has 4 bridgehead atoms. The zero-order chi connectivity index (χ0) is 23.6. The maximum atomic E-state index is 13.4. The van der Waals surface area contributed by atoms with Gasteiger partial charge in [0.05, 0.1) is 14.9 Å². The topological polar surface area (TPSA) is 110 Å². The van der Waals surface area contributed by atoms with Gasteiger partial charge in [-0.05, 0) is 81.9 Å². The number of halogens is 2. The van der Waals surface area contributed by atoms with Crippen molar-refractivity contribution >= 4 is 45.0 Å². The van der Waals surface area contributed by atoms with Gasteiger partial charge in [-0.3, -0.25) is 9.59 Å². The Bertz CT molecular complexity index is 1060. The summed E-state index contributed by atoms with van der Waals surface area (Å²) in [6.45, 7) is 3.16. The number of primary amides is 1. The fraction of sp³-hybridized carbons (Fsp3) is 0.636. The van der Waals surface area contributed by atoms with Crippen LogP contribution in [-0.4, -0.2) is 43.2 Å². The van der Waals surface area contributed by atoms with Crippen molar-refractivity contribution in [3.63, 3.8) is 0 Å². The Morgan fingerprint density at radius 1 is 1.12 bits per heavy atom. The van der Waals surface area contributed by atoms with E-state index in [0.29, 0.717) is 18.8 Å². The van der Waals surface area contributed by atoms with E-state index in [4.69, 9.17) is 28.9 Å². The molecule has 0 heterocycles. The lowest BCUT2D eigenvalue weighted by Gasteiger charge is -2.59. The van der Waals surface area contributed by atoms with Gasteiger partial charge in [-0.25, -0.2) is 8.42 Å². The molecule has 4 fully saturated rings. The van der Waals surface area contributed by atoms with Crippen LogP contribution in [0.1, 0.15) is 46.0 Å². The van der Waals surface area contributed by atoms with Crippen LogP contribution in [0, 0.1) is 23.2 Å². The van der Waals surface area contributed by atoms with Crippen LogP contribution in [0.5, 0.6) is 0 Å². The lowest BCUT2D eigenvalue weighted by atomic mass is 9.47. The van der Waals surface area contributed by atoms with Gasteiger partial charge in [0.2, 0.25) is 21.8 Å². The quantitative estimate of drug-likeness (QED) is 0.623. The molecule has 1 aromatic rings. The van der Waals surface area contributed by atoms with Crippen molar-refractivity contribution in [1.29, 1.82) is 0 Å². The van der Waals surface area contributed by atoms with Gasteiger partial charge >= 0.3 is 0 Å². The van der Waals surface area contributed by atoms with E-state index < -0.39 is 21.0 Å². The maximum absolute atomic E-state index is 13.4. The van der Waals surface area contributed by atoms with Gasteiger partial charge in [0.15, 0.2) is 0 Å². The molecule has 4 aliphatic rings. The Kier molecular flexibility index (Phi) is 5.84. The van der Waals surface area contributed by atoms with Gasteiger partial charge in [-0.2, -0.15) is 4.31 Å². The van der Waals surface area contributed by atoms with Crippen molar-refractivity contribution in [3.05, 3.63) is 28.2 Å². The molecule has 5 rings (SSSR count). The van der Waals surface area contributed by atoms with Crippen LogP contribution >= 0.6 is 23.2 Å². The molecule has 3 N–H and O–H groups in total. The second-order valence-corrected chi connectivity index (χ2v) is 13.0. The van der Waals surface area contributed by atoms with Crippen molar-refractivity contribution in [2.75, 3.05) is 7.05 Å². The van der Waals surface area contributed by atoms with Crippen LogP contribution in [0.3, 0.4) is 0 Å². The van der Waals surface area contributed by atoms with Crippen molar-refractivity contribution in [2.24, 2.45) is 28.9 Å². The Hall–Kier alpha value is -1.35. The molecule has 0 spiro atoms. The summed E-state index contributed by atoms with van der Waals surface area (Å²) in [7, 11) is -2.61. The smallest absolute Gasteiger partial charge is 0.243 e. The summed E-state index contributed by atoms with van der Waals surface area (Å²) in [5, 5.41) is 3.52. The van der Waals surface area contributed by atoms with Gasteiger partial charge in [0.1, 0.15) is 5.54 Å². The van der Waals surface area contributed by atoms with Crippen molar-refractivity contribution in [2.45, 2.75) is 62.4 Å². The average Bonchev–Trinajstić information content (AvgIpc) is 2.71. The number of benzene rings is 1. The average molecular weight is 502 g/mol. The Labute approximate surface area is 199 Å². The minimum Gasteiger partial charge on any atom is -0.369 e. The molecule has 4 aliphatic carbocycles. The third-order valence-electron chi connectivity index (χ3n) is 7.99. The summed E-state index contributed by atoms with van der Waals surface area (Å²) < 4.78 is 27.5. The molecule has 2 atom stereocenters. The third kappa shape index (κ3) is 3.73. The highest BCUT2D eigenvalue weighted by atomic mass is 35.5. The number of nitrogens with one attached hydrogen (secondary N) is 1. The second-order valence-electron chi connectivity index (χ2n) is 10.2. The van der Waals surface area contributed by atoms with E-state index in [9.17, 15) is 18.0 Å². The molecule has 32 heavy (non-hydrogen) atoms. The maximum Gasteiger partial charge on any atom is 0.243 e. The number of hydrogen-bond acceptors (Lipinski definition) is 4. The van der Waals surface area contributed by atoms with Gasteiger partial charge in [0.25, 0.3) is 0 Å². The van der Waals surface area contributed by atoms with Crippen LogP contribution < -0.4 is 11.1 Å². The Balaban J connectivity index is 1.53. The SMILES string of the molecule is CN(C(C)(C)C(=O)NC1C2CC3CC1CC(C(N)=O)(C3)C2)S(=O)(=O)c1ccc(Cl)c(Cl)c1. The van der Waals surface area contributed by atoms with Crippen LogP contribution in [0.4, 0.5) is 0 Å². The molecule has 0 aliphatic heterocycles. The minimum absolute atomic E-state index is 0.0340. The first-order valence-electron chi connectivity index (χ1n) is 10.8. The van der Waals surface area contributed by atoms with Crippen molar-refractivity contribution < 1.29 is 18.0 Å². The molecule has 2 unspecified atom stereocenters. The van der Waals surface area contributed by atoms with Crippen molar-refractivity contribution in [1.82, 2.24) is 9.62 Å². The molecule has 176 valence electrons. The first-order valence-corrected chi connectivity index (χ1v) is 13.0. The summed E-state index contributed by atoms with van der Waals surface area (Å²) >= 11 is 11.9. The van der Waals surface area contributed by atoms with Gasteiger partial charge in [-0.15, -0.1) is 0 Å². The fourth-order valence-corrected chi connectivity index (χ4v) is 8.00. The summed E-state index contributed by atoms with van der Waals surface area (Å²) in [6, 6.07) is 3.99. The largest absolute Gasteiger partial charge is 0.369 e. The zero-order valence-electron chi connectivity index (χ0n) is 18.4. The Morgan fingerprint density at radius 2 is 1.72 bits per heavy atom. The summed E-state index contributed by atoms with van der Waals surface area (Å²) in [6.07, 6.45) is 4.17. The second kappa shape index (κ2) is 7.86. The standard InChI is InChI=1S/C22H29Cl2N3O4S/c1-21(2,27(3)32(30,31)15-4-5-16(23)17(24)8-15)20(29)26-18-13-6-12-7-14(18)11-22(9-12,10-13)19(25)28/h4-5,8,12-14,18H,6-7,9-11H2,1-3H3,(H2,25,28)(H,26,29). The number of sulfonamides is 1. The normalized spacial score (nSPS) is 31.7. The number of carbonyl (C=O) groups is 2. The first kappa shape index (κ1) is 23.8. The highest BCUT2D eigenvalue weighted by molar-refractivity contribution is 7.89. The van der Waals surface area contributed by atoms with Crippen LogP contribution in [-0.2, 0) is 19.6 Å². The lowest BCUT2D eigenvalue weighted by molar-refractivity contribution is -0.148. The molecule has 1 aromatic carbocycles. The Morgan fingerprint density at radius 3 is 2.25 bits per heavy atom. The molecule has 0 saturated heterocycles. The predicted molar refractivity (Wildman–Crippen MR) is 123 cm³/mol. The molecule has 7 nitrogen and oxygen atoms in total. The van der Waals surface area contributed by atoms with Gasteiger partial charge in [0, 0.05) is 18.5 Å². The third-order valence-corrected chi connectivity index (χ3v) is 10.8. The fourth-order valence-electron chi connectivity index (χ4n) is 6.13. The predicted octanol–water partition coefficient (Wildman–Crippen LogP) is 3.19. The number of carbonyl (C=O) groups excluding carboxylic acids is 2. The van der Waals surface area contributed by atoms with Crippen LogP contribution in [0.2, 0.25) is 10.0 Å². The molecular formula is C22H29Cl2N3O4S. The summed E-state index contributed by atoms with van der Waals surface area (Å²) in [5.74, 6) is 0.249. The van der Waals surface area contributed by atoms with Gasteiger partial charge < -0.3 is 11.1 Å². The first-order chi connectivity index (χ1) is 14.8. The minimum atomic E-state index is -3.99. The molecular weight excluding hydrogens is 473 g/mol. The van der Waals surface area contributed by atoms with Crippen LogP contribution in [0.25, 0.3) is 0 Å². The molecule has 0 aromatic heterocycles. The van der Waals surface area contributed by atoms with E-state index in [1.807, 2.05) is 0 Å². The van der Waals surface area contributed by atoms with E-state index in [2.05, 4.69) is 5.32 Å². The van der Waals surface area contributed by atoms with Crippen molar-refractivity contribution in [3.8, 4) is 0 Å². The molecule has 0 radical (unpaired) electrons.